The molecule has 4 aromatic rings. The predicted octanol–water partition coefficient (Wildman–Crippen LogP) is 2.58. The topological polar surface area (TPSA) is 119 Å². The van der Waals surface area contributed by atoms with Gasteiger partial charge in [-0.1, -0.05) is 6.07 Å². The van der Waals surface area contributed by atoms with Crippen molar-refractivity contribution in [2.24, 2.45) is 0 Å². The highest BCUT2D eigenvalue weighted by Crippen LogP contribution is 2.23. The molecular weight excluding hydrogens is 460 g/mol. The van der Waals surface area contributed by atoms with Gasteiger partial charge in [0.05, 0.1) is 25.0 Å². The first kappa shape index (κ1) is 23.5. The van der Waals surface area contributed by atoms with Crippen molar-refractivity contribution in [3.05, 3.63) is 69.9 Å². The molecule has 0 radical (unpaired) electrons. The normalized spacial score (nSPS) is 12.9. The molecule has 11 heteroatoms. The maximum absolute atomic E-state index is 13.1. The van der Waals surface area contributed by atoms with Crippen LogP contribution in [0.5, 0.6) is 0 Å². The lowest BCUT2D eigenvalue weighted by atomic mass is 10.0. The summed E-state index contributed by atoms with van der Waals surface area (Å²) in [7, 11) is 2.97. The second-order valence-electron chi connectivity index (χ2n) is 8.63. The van der Waals surface area contributed by atoms with Gasteiger partial charge in [-0.15, -0.1) is 0 Å². The predicted molar refractivity (Wildman–Crippen MR) is 136 cm³/mol. The van der Waals surface area contributed by atoms with Crippen molar-refractivity contribution < 1.29 is 9.53 Å². The SMILES string of the molecule is CCn1c(=O)c2cnc(Nc3ccc4c(c3)CCNC4)nc2n1-c1ccnc(CN(C)C(=O)OC)c1. The third-order valence-corrected chi connectivity index (χ3v) is 6.25. The van der Waals surface area contributed by atoms with E-state index in [1.165, 1.54) is 23.1 Å². The lowest BCUT2D eigenvalue weighted by Crippen LogP contribution is -2.26. The average molecular weight is 489 g/mol. The molecule has 0 aliphatic carbocycles. The standard InChI is InChI=1S/C25H28N8O3/c1-4-32-23(34)21-14-28-24(29-18-6-5-17-13-26-9-7-16(17)11-18)30-22(21)33(32)20-8-10-27-19(12-20)15-31(2)25(35)36-3/h5-6,8,10-12,14,26H,4,7,9,13,15H2,1-3H3,(H,28,29,30). The first-order chi connectivity index (χ1) is 17.5. The van der Waals surface area contributed by atoms with E-state index in [2.05, 4.69) is 32.7 Å². The highest BCUT2D eigenvalue weighted by atomic mass is 16.5. The molecule has 2 N–H and O–H groups in total. The maximum atomic E-state index is 13.1. The van der Waals surface area contributed by atoms with Gasteiger partial charge in [0, 0.05) is 38.2 Å². The molecule has 0 fully saturated rings. The van der Waals surface area contributed by atoms with Crippen molar-refractivity contribution >= 4 is 28.8 Å². The van der Waals surface area contributed by atoms with Crippen LogP contribution in [0.3, 0.4) is 0 Å². The van der Waals surface area contributed by atoms with Gasteiger partial charge in [-0.2, -0.15) is 4.98 Å². The number of ether oxygens (including phenoxy) is 1. The molecule has 1 aromatic carbocycles. The summed E-state index contributed by atoms with van der Waals surface area (Å²) < 4.78 is 8.15. The first-order valence-electron chi connectivity index (χ1n) is 11.8. The zero-order chi connectivity index (χ0) is 25.2. The van der Waals surface area contributed by atoms with Crippen LogP contribution in [0.1, 0.15) is 23.7 Å². The van der Waals surface area contributed by atoms with Crippen LogP contribution in [-0.4, -0.2) is 56.0 Å². The van der Waals surface area contributed by atoms with Crippen molar-refractivity contribution in [3.63, 3.8) is 0 Å². The van der Waals surface area contributed by atoms with Gasteiger partial charge in [-0.25, -0.2) is 19.1 Å². The molecular formula is C25H28N8O3. The van der Waals surface area contributed by atoms with Gasteiger partial charge in [0.2, 0.25) is 5.95 Å². The largest absolute Gasteiger partial charge is 0.453 e. The van der Waals surface area contributed by atoms with Crippen LogP contribution in [-0.2, 0) is 30.8 Å². The van der Waals surface area contributed by atoms with Crippen molar-refractivity contribution in [1.82, 2.24) is 34.5 Å². The van der Waals surface area contributed by atoms with Gasteiger partial charge in [0.1, 0.15) is 5.39 Å². The third-order valence-electron chi connectivity index (χ3n) is 6.25. The molecule has 5 rings (SSSR count). The molecule has 0 saturated carbocycles. The minimum absolute atomic E-state index is 0.176. The van der Waals surface area contributed by atoms with Gasteiger partial charge in [0.25, 0.3) is 5.56 Å². The molecule has 4 heterocycles. The fourth-order valence-electron chi connectivity index (χ4n) is 4.47. The summed E-state index contributed by atoms with van der Waals surface area (Å²) in [5.74, 6) is 0.401. The minimum atomic E-state index is -0.457. The van der Waals surface area contributed by atoms with E-state index in [1.807, 2.05) is 19.1 Å². The van der Waals surface area contributed by atoms with Crippen LogP contribution in [0.25, 0.3) is 16.7 Å². The third kappa shape index (κ3) is 4.40. The molecule has 0 unspecified atom stereocenters. The monoisotopic (exact) mass is 488 g/mol. The van der Waals surface area contributed by atoms with Gasteiger partial charge in [-0.3, -0.25) is 9.78 Å². The second-order valence-corrected chi connectivity index (χ2v) is 8.63. The Labute approximate surface area is 207 Å². The van der Waals surface area contributed by atoms with E-state index in [9.17, 15) is 9.59 Å². The summed E-state index contributed by atoms with van der Waals surface area (Å²) in [5.41, 5.74) is 5.16. The highest BCUT2D eigenvalue weighted by Gasteiger charge is 2.18. The summed E-state index contributed by atoms with van der Waals surface area (Å²) in [6, 6.07) is 9.88. The summed E-state index contributed by atoms with van der Waals surface area (Å²) in [6.45, 7) is 4.43. The average Bonchev–Trinajstić information content (AvgIpc) is 3.18. The van der Waals surface area contributed by atoms with Gasteiger partial charge in [0.15, 0.2) is 5.65 Å². The number of benzene rings is 1. The number of carbonyl (C=O) groups is 1. The van der Waals surface area contributed by atoms with E-state index >= 15 is 0 Å². The van der Waals surface area contributed by atoms with E-state index in [0.717, 1.165) is 25.2 Å². The number of hydrogen-bond acceptors (Lipinski definition) is 8. The number of methoxy groups -OCH3 is 1. The van der Waals surface area contributed by atoms with E-state index in [-0.39, 0.29) is 12.1 Å². The molecule has 36 heavy (non-hydrogen) atoms. The van der Waals surface area contributed by atoms with Crippen LogP contribution in [0.4, 0.5) is 16.4 Å². The summed E-state index contributed by atoms with van der Waals surface area (Å²) >= 11 is 0. The van der Waals surface area contributed by atoms with E-state index in [1.54, 1.807) is 34.9 Å². The van der Waals surface area contributed by atoms with Crippen molar-refractivity contribution in [1.29, 1.82) is 0 Å². The van der Waals surface area contributed by atoms with Crippen LogP contribution in [0.2, 0.25) is 0 Å². The van der Waals surface area contributed by atoms with Crippen LogP contribution in [0.15, 0.2) is 47.5 Å². The van der Waals surface area contributed by atoms with E-state index in [4.69, 9.17) is 9.72 Å². The molecule has 0 atom stereocenters. The lowest BCUT2D eigenvalue weighted by Gasteiger charge is -2.18. The fraction of sp³-hybridized carbons (Fsp3) is 0.320. The quantitative estimate of drug-likeness (QED) is 0.425. The summed E-state index contributed by atoms with van der Waals surface area (Å²) in [4.78, 5) is 39.9. The Kier molecular flexibility index (Phi) is 6.38. The lowest BCUT2D eigenvalue weighted by molar-refractivity contribution is 0.131. The zero-order valence-corrected chi connectivity index (χ0v) is 20.5. The highest BCUT2D eigenvalue weighted by molar-refractivity contribution is 5.77. The molecule has 0 bridgehead atoms. The van der Waals surface area contributed by atoms with Crippen LogP contribution < -0.4 is 16.2 Å². The molecule has 3 aromatic heterocycles. The summed E-state index contributed by atoms with van der Waals surface area (Å²) in [5, 5.41) is 7.09. The number of pyridine rings is 1. The van der Waals surface area contributed by atoms with Crippen molar-refractivity contribution in [2.75, 3.05) is 26.0 Å². The number of aromatic nitrogens is 5. The Hall–Kier alpha value is -4.25. The number of rotatable bonds is 6. The van der Waals surface area contributed by atoms with E-state index in [0.29, 0.717) is 34.9 Å². The number of carbonyl (C=O) groups excluding carboxylic acids is 1. The molecule has 0 spiro atoms. The summed E-state index contributed by atoms with van der Waals surface area (Å²) in [6.07, 6.45) is 3.72. The second kappa shape index (κ2) is 9.78. The zero-order valence-electron chi connectivity index (χ0n) is 20.5. The van der Waals surface area contributed by atoms with Crippen LogP contribution in [0, 0.1) is 0 Å². The Morgan fingerprint density at radius 1 is 1.22 bits per heavy atom. The number of amides is 1. The molecule has 1 aliphatic rings. The Morgan fingerprint density at radius 3 is 2.89 bits per heavy atom. The maximum Gasteiger partial charge on any atom is 0.409 e. The Balaban J connectivity index is 1.53. The fourth-order valence-corrected chi connectivity index (χ4v) is 4.47. The molecule has 1 amide bonds. The van der Waals surface area contributed by atoms with Crippen molar-refractivity contribution in [3.8, 4) is 5.69 Å². The van der Waals surface area contributed by atoms with E-state index < -0.39 is 6.09 Å². The Morgan fingerprint density at radius 2 is 2.08 bits per heavy atom. The van der Waals surface area contributed by atoms with Gasteiger partial charge < -0.3 is 20.3 Å². The molecule has 1 aliphatic heterocycles. The van der Waals surface area contributed by atoms with Crippen molar-refractivity contribution in [2.45, 2.75) is 33.0 Å². The Bertz CT molecular complexity index is 1490. The number of anilines is 2. The first-order valence-corrected chi connectivity index (χ1v) is 11.8. The smallest absolute Gasteiger partial charge is 0.409 e. The number of hydrogen-bond donors (Lipinski definition) is 2. The molecule has 0 saturated heterocycles. The number of nitrogens with one attached hydrogen (secondary N) is 2. The molecule has 11 nitrogen and oxygen atoms in total. The van der Waals surface area contributed by atoms with Gasteiger partial charge >= 0.3 is 6.09 Å². The molecule has 186 valence electrons. The van der Waals surface area contributed by atoms with Gasteiger partial charge in [-0.05, 0) is 55.3 Å². The van der Waals surface area contributed by atoms with Crippen LogP contribution >= 0.6 is 0 Å². The number of nitrogens with zero attached hydrogens (tertiary/aromatic N) is 6. The number of fused-ring (bicyclic) bond motifs is 2. The minimum Gasteiger partial charge on any atom is -0.453 e.